The number of nitrogens with zero attached hydrogens (tertiary/aromatic N) is 1. The zero-order chi connectivity index (χ0) is 14.4. The zero-order valence-corrected chi connectivity index (χ0v) is 12.2. The molecule has 3 aliphatic rings. The number of rotatable bonds is 3. The summed E-state index contributed by atoms with van der Waals surface area (Å²) >= 11 is 0. The minimum absolute atomic E-state index is 0.00573. The second-order valence-corrected chi connectivity index (χ2v) is 6.32. The lowest BCUT2D eigenvalue weighted by Gasteiger charge is -2.30. The lowest BCUT2D eigenvalue weighted by Crippen LogP contribution is -2.46. The topological polar surface area (TPSA) is 41.6 Å². The molecule has 4 nitrogen and oxygen atoms in total. The molecule has 2 saturated heterocycles. The molecule has 2 fully saturated rings. The fourth-order valence-corrected chi connectivity index (χ4v) is 4.05. The molecule has 3 heterocycles. The van der Waals surface area contributed by atoms with Gasteiger partial charge in [0.25, 0.3) is 0 Å². The van der Waals surface area contributed by atoms with Crippen LogP contribution in [0.4, 0.5) is 5.69 Å². The van der Waals surface area contributed by atoms with Crippen molar-refractivity contribution in [3.63, 3.8) is 0 Å². The number of hydrogen-bond acceptors (Lipinski definition) is 3. The van der Waals surface area contributed by atoms with E-state index in [1.807, 2.05) is 6.07 Å². The second-order valence-electron chi connectivity index (χ2n) is 6.32. The van der Waals surface area contributed by atoms with E-state index in [9.17, 15) is 4.79 Å². The Morgan fingerprint density at radius 1 is 1.38 bits per heavy atom. The fraction of sp³-hybridized carbons (Fsp3) is 0.471. The van der Waals surface area contributed by atoms with Crippen LogP contribution in [0.2, 0.25) is 0 Å². The first kappa shape index (κ1) is 12.9. The SMILES string of the molecule is CC(=O)NCC12C=CC(O1)C1CN(c3ccccc3)CC12. The number of ether oxygens (including phenoxy) is 1. The maximum Gasteiger partial charge on any atom is 0.216 e. The molecule has 2 bridgehead atoms. The number of nitrogens with one attached hydrogen (secondary N) is 1. The van der Waals surface area contributed by atoms with E-state index >= 15 is 0 Å². The smallest absolute Gasteiger partial charge is 0.216 e. The third-order valence-electron chi connectivity index (χ3n) is 5.07. The largest absolute Gasteiger partial charge is 0.371 e. The van der Waals surface area contributed by atoms with Crippen molar-refractivity contribution >= 4 is 11.6 Å². The van der Waals surface area contributed by atoms with Gasteiger partial charge in [0.05, 0.1) is 12.6 Å². The standard InChI is InChI=1S/C17H20N2O2/c1-12(20)18-11-17-8-7-16(21-17)14-9-19(10-15(14)17)13-5-3-2-4-6-13/h2-8,14-16H,9-11H2,1H3,(H,18,20). The molecule has 0 saturated carbocycles. The van der Waals surface area contributed by atoms with Crippen LogP contribution in [0.3, 0.4) is 0 Å². The van der Waals surface area contributed by atoms with Gasteiger partial charge < -0.3 is 15.0 Å². The molecule has 4 unspecified atom stereocenters. The van der Waals surface area contributed by atoms with Crippen LogP contribution in [0.15, 0.2) is 42.5 Å². The summed E-state index contributed by atoms with van der Waals surface area (Å²) < 4.78 is 6.21. The van der Waals surface area contributed by atoms with E-state index in [4.69, 9.17) is 4.74 Å². The molecule has 0 aromatic heterocycles. The number of anilines is 1. The van der Waals surface area contributed by atoms with Crippen LogP contribution in [0.5, 0.6) is 0 Å². The molecule has 3 aliphatic heterocycles. The number of para-hydroxylation sites is 1. The van der Waals surface area contributed by atoms with Crippen LogP contribution in [-0.2, 0) is 9.53 Å². The maximum atomic E-state index is 11.2. The van der Waals surface area contributed by atoms with Crippen molar-refractivity contribution in [1.82, 2.24) is 5.32 Å². The van der Waals surface area contributed by atoms with Gasteiger partial charge in [-0.25, -0.2) is 0 Å². The molecule has 21 heavy (non-hydrogen) atoms. The Morgan fingerprint density at radius 2 is 2.19 bits per heavy atom. The highest BCUT2D eigenvalue weighted by Crippen LogP contribution is 2.50. The summed E-state index contributed by atoms with van der Waals surface area (Å²) in [7, 11) is 0. The number of amides is 1. The first-order valence-corrected chi connectivity index (χ1v) is 7.59. The zero-order valence-electron chi connectivity index (χ0n) is 12.2. The average Bonchev–Trinajstić information content (AvgIpc) is 3.17. The van der Waals surface area contributed by atoms with Gasteiger partial charge in [0.15, 0.2) is 0 Å². The summed E-state index contributed by atoms with van der Waals surface area (Å²) in [6.45, 7) is 4.17. The highest BCUT2D eigenvalue weighted by atomic mass is 16.5. The third-order valence-corrected chi connectivity index (χ3v) is 5.07. The molecular weight excluding hydrogens is 264 g/mol. The van der Waals surface area contributed by atoms with E-state index < -0.39 is 0 Å². The van der Waals surface area contributed by atoms with Crippen LogP contribution < -0.4 is 10.2 Å². The number of benzene rings is 1. The minimum Gasteiger partial charge on any atom is -0.371 e. The Kier molecular flexibility index (Phi) is 2.82. The number of carbonyl (C=O) groups is 1. The Bertz CT molecular complexity index is 586. The van der Waals surface area contributed by atoms with E-state index in [-0.39, 0.29) is 17.6 Å². The van der Waals surface area contributed by atoms with E-state index in [1.165, 1.54) is 5.69 Å². The molecular formula is C17H20N2O2. The van der Waals surface area contributed by atoms with Crippen molar-refractivity contribution in [2.45, 2.75) is 18.6 Å². The first-order chi connectivity index (χ1) is 10.2. The monoisotopic (exact) mass is 284 g/mol. The van der Waals surface area contributed by atoms with Crippen molar-refractivity contribution in [2.24, 2.45) is 11.8 Å². The summed E-state index contributed by atoms with van der Waals surface area (Å²) in [5.41, 5.74) is 0.978. The summed E-state index contributed by atoms with van der Waals surface area (Å²) in [6.07, 6.45) is 4.55. The summed E-state index contributed by atoms with van der Waals surface area (Å²) in [5, 5.41) is 2.94. The maximum absolute atomic E-state index is 11.2. The number of hydrogen-bond donors (Lipinski definition) is 1. The molecule has 1 aromatic carbocycles. The van der Waals surface area contributed by atoms with Crippen LogP contribution in [0, 0.1) is 11.8 Å². The second kappa shape index (κ2) is 4.60. The number of carbonyl (C=O) groups excluding carboxylic acids is 1. The van der Waals surface area contributed by atoms with Crippen LogP contribution in [-0.4, -0.2) is 37.2 Å². The predicted molar refractivity (Wildman–Crippen MR) is 81.1 cm³/mol. The normalized spacial score (nSPS) is 36.0. The molecule has 4 heteroatoms. The molecule has 4 rings (SSSR count). The highest BCUT2D eigenvalue weighted by molar-refractivity contribution is 5.73. The molecule has 1 amide bonds. The van der Waals surface area contributed by atoms with Crippen LogP contribution in [0.25, 0.3) is 0 Å². The van der Waals surface area contributed by atoms with E-state index in [2.05, 4.69) is 46.6 Å². The first-order valence-electron chi connectivity index (χ1n) is 7.59. The Hall–Kier alpha value is -1.81. The molecule has 0 radical (unpaired) electrons. The average molecular weight is 284 g/mol. The predicted octanol–water partition coefficient (Wildman–Crippen LogP) is 1.58. The Labute approximate surface area is 124 Å². The van der Waals surface area contributed by atoms with Crippen molar-refractivity contribution < 1.29 is 9.53 Å². The Balaban J connectivity index is 1.55. The van der Waals surface area contributed by atoms with Gasteiger partial charge in [0.2, 0.25) is 5.91 Å². The molecule has 1 N–H and O–H groups in total. The van der Waals surface area contributed by atoms with Crippen molar-refractivity contribution in [3.8, 4) is 0 Å². The van der Waals surface area contributed by atoms with Gasteiger partial charge in [-0.05, 0) is 12.1 Å². The van der Waals surface area contributed by atoms with Crippen molar-refractivity contribution in [3.05, 3.63) is 42.5 Å². The number of fused-ring (bicyclic) bond motifs is 5. The molecule has 0 aliphatic carbocycles. The van der Waals surface area contributed by atoms with Gasteiger partial charge in [0.1, 0.15) is 5.60 Å². The van der Waals surface area contributed by atoms with Crippen LogP contribution >= 0.6 is 0 Å². The van der Waals surface area contributed by atoms with Gasteiger partial charge in [0, 0.05) is 37.5 Å². The van der Waals surface area contributed by atoms with E-state index in [0.717, 1.165) is 13.1 Å². The molecule has 0 spiro atoms. The fourth-order valence-electron chi connectivity index (χ4n) is 4.05. The van der Waals surface area contributed by atoms with Gasteiger partial charge in [-0.1, -0.05) is 30.4 Å². The molecule has 110 valence electrons. The summed E-state index contributed by atoms with van der Waals surface area (Å²) in [4.78, 5) is 13.7. The third kappa shape index (κ3) is 1.97. The van der Waals surface area contributed by atoms with E-state index in [0.29, 0.717) is 18.4 Å². The lowest BCUT2D eigenvalue weighted by molar-refractivity contribution is -0.120. The molecule has 1 aromatic rings. The van der Waals surface area contributed by atoms with E-state index in [1.54, 1.807) is 6.92 Å². The van der Waals surface area contributed by atoms with Gasteiger partial charge in [-0.3, -0.25) is 4.79 Å². The van der Waals surface area contributed by atoms with Crippen LogP contribution in [0.1, 0.15) is 6.92 Å². The van der Waals surface area contributed by atoms with Crippen molar-refractivity contribution in [2.75, 3.05) is 24.5 Å². The quantitative estimate of drug-likeness (QED) is 0.857. The molecule has 4 atom stereocenters. The lowest BCUT2D eigenvalue weighted by atomic mass is 9.77. The summed E-state index contributed by atoms with van der Waals surface area (Å²) in [6, 6.07) is 10.5. The van der Waals surface area contributed by atoms with Gasteiger partial charge >= 0.3 is 0 Å². The highest BCUT2D eigenvalue weighted by Gasteiger charge is 2.59. The van der Waals surface area contributed by atoms with Crippen molar-refractivity contribution in [1.29, 1.82) is 0 Å². The minimum atomic E-state index is -0.301. The summed E-state index contributed by atoms with van der Waals surface area (Å²) in [5.74, 6) is 0.995. The van der Waals surface area contributed by atoms with Gasteiger partial charge in [-0.15, -0.1) is 0 Å². The Morgan fingerprint density at radius 3 is 2.95 bits per heavy atom. The van der Waals surface area contributed by atoms with Gasteiger partial charge in [-0.2, -0.15) is 0 Å².